The molecular formula is C40H51F3N6O7S. The van der Waals surface area contributed by atoms with Crippen LogP contribution in [0.1, 0.15) is 86.0 Å². The van der Waals surface area contributed by atoms with Crippen LogP contribution in [0.4, 0.5) is 13.2 Å². The van der Waals surface area contributed by atoms with E-state index in [1.165, 1.54) is 29.4 Å². The average Bonchev–Trinajstić information content (AvgIpc) is 3.83. The summed E-state index contributed by atoms with van der Waals surface area (Å²) in [7, 11) is -2.38. The molecule has 1 aromatic carbocycles. The topological polar surface area (TPSA) is 139 Å². The quantitative estimate of drug-likeness (QED) is 0.265. The lowest BCUT2D eigenvalue weighted by atomic mass is 9.70. The molecule has 2 fully saturated rings. The molecule has 57 heavy (non-hydrogen) atoms. The normalized spacial score (nSPS) is 22.4. The number of allylic oxidation sites excluding steroid dienone is 1. The SMILES string of the molecule is CC1=CC2=C(OC3(CCOCC3)CN(Cc3cc([C@H](c4ccn5c(C(F)(F)F)nnc5c4C)C(C)(C)C(=O)O)ccc3C)S2(=O)=O)N(C)C1OCCN1CCCC1. The Bertz CT molecular complexity index is 2210. The number of halogens is 3. The largest absolute Gasteiger partial charge is 0.481 e. The molecule has 0 bridgehead atoms. The van der Waals surface area contributed by atoms with Crippen LogP contribution in [-0.2, 0) is 41.7 Å². The van der Waals surface area contributed by atoms with Crippen molar-refractivity contribution in [2.45, 2.75) is 90.8 Å². The number of aryl methyl sites for hydroxylation is 2. The first-order valence-electron chi connectivity index (χ1n) is 19.3. The summed E-state index contributed by atoms with van der Waals surface area (Å²) in [5.41, 5.74) is 1.11. The third-order valence-corrected chi connectivity index (χ3v) is 13.9. The Hall–Kier alpha value is -4.03. The molecule has 17 heteroatoms. The van der Waals surface area contributed by atoms with E-state index in [-0.39, 0.29) is 29.5 Å². The zero-order valence-corrected chi connectivity index (χ0v) is 34.0. The smallest absolute Gasteiger partial charge is 0.452 e. The van der Waals surface area contributed by atoms with E-state index < -0.39 is 51.2 Å². The minimum atomic E-state index is -4.75. The number of ether oxygens (including phenoxy) is 3. The lowest BCUT2D eigenvalue weighted by Gasteiger charge is -2.42. The van der Waals surface area contributed by atoms with E-state index >= 15 is 0 Å². The summed E-state index contributed by atoms with van der Waals surface area (Å²) in [6.45, 7) is 12.6. The lowest BCUT2D eigenvalue weighted by molar-refractivity contribution is -0.147. The van der Waals surface area contributed by atoms with Crippen molar-refractivity contribution in [3.63, 3.8) is 0 Å². The molecule has 1 N–H and O–H groups in total. The van der Waals surface area contributed by atoms with Gasteiger partial charge in [0.15, 0.2) is 11.9 Å². The van der Waals surface area contributed by atoms with Gasteiger partial charge in [-0.1, -0.05) is 18.2 Å². The van der Waals surface area contributed by atoms with Gasteiger partial charge in [0.2, 0.25) is 21.7 Å². The number of carboxylic acids is 1. The molecule has 6 heterocycles. The van der Waals surface area contributed by atoms with Crippen LogP contribution in [0, 0.1) is 19.3 Å². The Morgan fingerprint density at radius 2 is 1.79 bits per heavy atom. The number of hydrogen-bond acceptors (Lipinski definition) is 10. The molecule has 2 atom stereocenters. The Kier molecular flexibility index (Phi) is 11.0. The number of rotatable bonds is 10. The lowest BCUT2D eigenvalue weighted by Crippen LogP contribution is -2.49. The number of aromatic nitrogens is 3. The van der Waals surface area contributed by atoms with Gasteiger partial charge in [-0.15, -0.1) is 10.2 Å². The van der Waals surface area contributed by atoms with E-state index in [0.717, 1.165) is 35.2 Å². The van der Waals surface area contributed by atoms with E-state index in [2.05, 4.69) is 15.1 Å². The number of carbonyl (C=O) groups is 1. The van der Waals surface area contributed by atoms with Crippen LogP contribution in [-0.4, -0.2) is 113 Å². The highest BCUT2D eigenvalue weighted by Gasteiger charge is 2.49. The van der Waals surface area contributed by atoms with Crippen molar-refractivity contribution < 1.29 is 45.7 Å². The highest BCUT2D eigenvalue weighted by atomic mass is 32.2. The third-order valence-electron chi connectivity index (χ3n) is 12.1. The minimum Gasteiger partial charge on any atom is -0.481 e. The summed E-state index contributed by atoms with van der Waals surface area (Å²) < 4.78 is 92.2. The molecule has 310 valence electrons. The standard InChI is InChI=1S/C40H51F3N6O7S/c1-25-9-10-28(32(38(4,5)37(50)51)30-11-16-49-33(27(30)3)44-45-36(49)40(41,42)43)22-29(25)23-48-24-39(12-18-54-19-13-39)56-35-31(57(48,52)53)21-26(2)34(46(35)6)55-20-17-47-14-7-8-15-47/h9-11,16,21-22,32,34H,7-8,12-15,17-20,23-24H2,1-6H3,(H,50,51)/t32-,34?/m1/s1. The van der Waals surface area contributed by atoms with Crippen molar-refractivity contribution in [3.05, 3.63) is 86.5 Å². The first-order chi connectivity index (χ1) is 26.8. The number of benzene rings is 1. The summed E-state index contributed by atoms with van der Waals surface area (Å²) in [5.74, 6) is -2.94. The maximum Gasteiger partial charge on any atom is 0.452 e. The van der Waals surface area contributed by atoms with Crippen LogP contribution in [0.15, 0.2) is 52.9 Å². The van der Waals surface area contributed by atoms with Crippen molar-refractivity contribution in [1.82, 2.24) is 28.7 Å². The van der Waals surface area contributed by atoms with Gasteiger partial charge in [0.25, 0.3) is 0 Å². The van der Waals surface area contributed by atoms with E-state index in [0.29, 0.717) is 54.9 Å². The van der Waals surface area contributed by atoms with Crippen molar-refractivity contribution in [3.8, 4) is 0 Å². The third kappa shape index (κ3) is 7.68. The van der Waals surface area contributed by atoms with Crippen LogP contribution >= 0.6 is 0 Å². The van der Waals surface area contributed by atoms with Gasteiger partial charge in [-0.25, -0.2) is 8.42 Å². The van der Waals surface area contributed by atoms with Crippen LogP contribution < -0.4 is 0 Å². The first-order valence-corrected chi connectivity index (χ1v) is 20.8. The Morgan fingerprint density at radius 1 is 1.09 bits per heavy atom. The molecule has 2 saturated heterocycles. The number of fused-ring (bicyclic) bond motifs is 1. The fourth-order valence-electron chi connectivity index (χ4n) is 8.65. The summed E-state index contributed by atoms with van der Waals surface area (Å²) in [4.78, 5) is 17.1. The van der Waals surface area contributed by atoms with E-state index in [9.17, 15) is 31.5 Å². The maximum atomic E-state index is 14.9. The Balaban J connectivity index is 1.26. The van der Waals surface area contributed by atoms with Crippen LogP contribution in [0.3, 0.4) is 0 Å². The van der Waals surface area contributed by atoms with Crippen LogP contribution in [0.25, 0.3) is 5.65 Å². The van der Waals surface area contributed by atoms with Crippen LogP contribution in [0.5, 0.6) is 0 Å². The molecule has 3 aromatic rings. The maximum absolute atomic E-state index is 14.9. The molecule has 0 aliphatic carbocycles. The van der Waals surface area contributed by atoms with Gasteiger partial charge in [-0.2, -0.15) is 17.5 Å². The van der Waals surface area contributed by atoms with Gasteiger partial charge < -0.3 is 29.1 Å². The number of alkyl halides is 3. The second-order valence-corrected chi connectivity index (χ2v) is 18.3. The van der Waals surface area contributed by atoms with Crippen molar-refractivity contribution >= 4 is 21.6 Å². The van der Waals surface area contributed by atoms with Crippen molar-refractivity contribution in [2.75, 3.05) is 53.0 Å². The van der Waals surface area contributed by atoms with Gasteiger partial charge in [-0.05, 0) is 106 Å². The molecule has 1 unspecified atom stereocenters. The van der Waals surface area contributed by atoms with E-state index in [1.807, 2.05) is 26.0 Å². The number of likely N-dealkylation sites (N-methyl/N-ethyl adjacent to an activating group) is 1. The number of carboxylic acid groups (broad SMARTS) is 1. The number of likely N-dealkylation sites (tertiary alicyclic amines) is 1. The summed E-state index contributed by atoms with van der Waals surface area (Å²) in [5, 5.41) is 17.7. The van der Waals surface area contributed by atoms with Crippen LogP contribution in [0.2, 0.25) is 0 Å². The summed E-state index contributed by atoms with van der Waals surface area (Å²) in [6.07, 6.45) is 0.864. The molecule has 1 spiro atoms. The molecular weight excluding hydrogens is 766 g/mol. The fourth-order valence-corrected chi connectivity index (χ4v) is 10.4. The molecule has 4 aliphatic rings. The first kappa shape index (κ1) is 41.1. The molecule has 0 saturated carbocycles. The number of hydrogen-bond donors (Lipinski definition) is 1. The molecule has 2 aromatic heterocycles. The van der Waals surface area contributed by atoms with Gasteiger partial charge in [0.1, 0.15) is 10.5 Å². The van der Waals surface area contributed by atoms with Gasteiger partial charge in [0.05, 0.1) is 31.8 Å². The predicted octanol–water partition coefficient (Wildman–Crippen LogP) is 5.82. The molecule has 13 nitrogen and oxygen atoms in total. The van der Waals surface area contributed by atoms with E-state index in [1.54, 1.807) is 44.9 Å². The zero-order valence-electron chi connectivity index (χ0n) is 33.2. The number of sulfonamides is 1. The zero-order chi connectivity index (χ0) is 41.1. The molecule has 0 radical (unpaired) electrons. The van der Waals surface area contributed by atoms with Crippen molar-refractivity contribution in [2.24, 2.45) is 5.41 Å². The number of pyridine rings is 1. The van der Waals surface area contributed by atoms with Gasteiger partial charge in [-0.3, -0.25) is 9.20 Å². The summed E-state index contributed by atoms with van der Waals surface area (Å²) >= 11 is 0. The number of aliphatic carboxylic acids is 1. The molecule has 0 amide bonds. The summed E-state index contributed by atoms with van der Waals surface area (Å²) in [6, 6.07) is 6.90. The highest BCUT2D eigenvalue weighted by Crippen LogP contribution is 2.45. The van der Waals surface area contributed by atoms with Gasteiger partial charge >= 0.3 is 12.1 Å². The monoisotopic (exact) mass is 816 g/mol. The van der Waals surface area contributed by atoms with E-state index in [4.69, 9.17) is 14.2 Å². The second kappa shape index (κ2) is 15.3. The average molecular weight is 817 g/mol. The van der Waals surface area contributed by atoms with Gasteiger partial charge in [0, 0.05) is 45.1 Å². The predicted molar refractivity (Wildman–Crippen MR) is 204 cm³/mol. The Labute approximate surface area is 331 Å². The Morgan fingerprint density at radius 3 is 2.46 bits per heavy atom. The van der Waals surface area contributed by atoms with Crippen molar-refractivity contribution in [1.29, 1.82) is 0 Å². The minimum absolute atomic E-state index is 0.0411. The second-order valence-electron chi connectivity index (χ2n) is 16.4. The highest BCUT2D eigenvalue weighted by molar-refractivity contribution is 7.93. The number of nitrogens with zero attached hydrogens (tertiary/aromatic N) is 6. The molecule has 4 aliphatic heterocycles. The molecule has 7 rings (SSSR count). The fraction of sp³-hybridized carbons (Fsp3) is 0.575.